The van der Waals surface area contributed by atoms with E-state index in [1.165, 1.54) is 173 Å². The molecule has 7 heteroatoms. The van der Waals surface area contributed by atoms with Gasteiger partial charge in [-0.2, -0.15) is 0 Å². The molecule has 0 fully saturated rings. The third-order valence-corrected chi connectivity index (χ3v) is 10.2. The Labute approximate surface area is 306 Å². The zero-order chi connectivity index (χ0) is 36.5. The van der Waals surface area contributed by atoms with E-state index in [9.17, 15) is 25.2 Å². The highest BCUT2D eigenvalue weighted by Gasteiger charge is 2.30. The van der Waals surface area contributed by atoms with Crippen molar-refractivity contribution < 1.29 is 35.1 Å². The van der Waals surface area contributed by atoms with E-state index in [1.807, 2.05) is 12.1 Å². The number of carbonyl (C=O) groups excluding carboxylic acids is 1. The van der Waals surface area contributed by atoms with E-state index in [4.69, 9.17) is 9.84 Å². The molecule has 1 aromatic carbocycles. The van der Waals surface area contributed by atoms with E-state index in [-0.39, 0.29) is 0 Å². The number of hydrogen-bond donors (Lipinski definition) is 5. The number of ether oxygens (including phenoxy) is 1. The molecule has 4 atom stereocenters. The Hall–Kier alpha value is -1.51. The van der Waals surface area contributed by atoms with Gasteiger partial charge in [0.1, 0.15) is 31.0 Å². The third kappa shape index (κ3) is 25.4. The van der Waals surface area contributed by atoms with Crippen LogP contribution in [0.2, 0.25) is 0 Å². The van der Waals surface area contributed by atoms with E-state index in [0.29, 0.717) is 5.56 Å². The summed E-state index contributed by atoms with van der Waals surface area (Å²) < 4.78 is 5.03. The fourth-order valence-electron chi connectivity index (χ4n) is 6.71. The first-order valence-corrected chi connectivity index (χ1v) is 21.0. The number of carbonyl (C=O) groups is 1. The number of benzene rings is 1. The van der Waals surface area contributed by atoms with Gasteiger partial charge in [-0.25, -0.2) is 4.79 Å². The van der Waals surface area contributed by atoms with Crippen LogP contribution in [-0.2, 0) is 11.2 Å². The third-order valence-electron chi connectivity index (χ3n) is 10.2. The Morgan fingerprint density at radius 1 is 0.500 bits per heavy atom. The van der Waals surface area contributed by atoms with Crippen molar-refractivity contribution >= 4 is 5.97 Å². The second-order valence-corrected chi connectivity index (χ2v) is 14.9. The van der Waals surface area contributed by atoms with Crippen molar-refractivity contribution in [2.45, 2.75) is 218 Å². The Bertz CT molecular complexity index is 877. The lowest BCUT2D eigenvalue weighted by atomic mass is 10.0. The lowest BCUT2D eigenvalue weighted by Gasteiger charge is -2.25. The minimum atomic E-state index is -1.76. The molecule has 5 N–H and O–H groups in total. The van der Waals surface area contributed by atoms with Gasteiger partial charge in [-0.15, -0.1) is 0 Å². The monoisotopic (exact) mass is 707 g/mol. The zero-order valence-corrected chi connectivity index (χ0v) is 32.1. The first kappa shape index (κ1) is 46.5. The lowest BCUT2D eigenvalue weighted by molar-refractivity contribution is -0.124. The van der Waals surface area contributed by atoms with E-state index in [0.717, 1.165) is 18.4 Å². The summed E-state index contributed by atoms with van der Waals surface area (Å²) in [4.78, 5) is 12.3. The highest BCUT2D eigenvalue weighted by molar-refractivity contribution is 5.89. The van der Waals surface area contributed by atoms with Crippen molar-refractivity contribution in [2.24, 2.45) is 0 Å². The van der Waals surface area contributed by atoms with Crippen molar-refractivity contribution in [2.75, 3.05) is 13.2 Å². The molecule has 1 aromatic rings. The largest absolute Gasteiger partial charge is 0.459 e. The summed E-state index contributed by atoms with van der Waals surface area (Å²) in [6.45, 7) is 0.980. The lowest BCUT2D eigenvalue weighted by Crippen LogP contribution is -2.47. The second-order valence-electron chi connectivity index (χ2n) is 14.9. The molecule has 0 heterocycles. The topological polar surface area (TPSA) is 127 Å². The highest BCUT2D eigenvalue weighted by Crippen LogP contribution is 2.17. The molecule has 50 heavy (non-hydrogen) atoms. The minimum absolute atomic E-state index is 0.335. The first-order valence-electron chi connectivity index (χ1n) is 21.0. The maximum absolute atomic E-state index is 12.3. The molecule has 7 nitrogen and oxygen atoms in total. The summed E-state index contributed by atoms with van der Waals surface area (Å²) in [6, 6.07) is 7.19. The van der Waals surface area contributed by atoms with Crippen LogP contribution < -0.4 is 0 Å². The number of aliphatic hydroxyl groups excluding tert-OH is 5. The van der Waals surface area contributed by atoms with Crippen LogP contribution in [0.15, 0.2) is 24.3 Å². The predicted molar refractivity (Wildman–Crippen MR) is 206 cm³/mol. The number of unbranched alkanes of at least 4 members (excludes halogenated alkanes) is 27. The van der Waals surface area contributed by atoms with Gasteiger partial charge in [-0.3, -0.25) is 0 Å². The van der Waals surface area contributed by atoms with Gasteiger partial charge in [-0.05, 0) is 30.5 Å². The molecule has 0 aliphatic carbocycles. The Morgan fingerprint density at radius 3 is 1.16 bits per heavy atom. The van der Waals surface area contributed by atoms with Gasteiger partial charge in [0, 0.05) is 0 Å². The molecule has 0 saturated heterocycles. The maximum atomic E-state index is 12.3. The Balaban J connectivity index is 1.85. The molecule has 0 aliphatic heterocycles. The van der Waals surface area contributed by atoms with Gasteiger partial charge >= 0.3 is 5.97 Å². The van der Waals surface area contributed by atoms with Gasteiger partial charge in [0.15, 0.2) is 0 Å². The van der Waals surface area contributed by atoms with Gasteiger partial charge < -0.3 is 30.3 Å². The molecule has 292 valence electrons. The molecular weight excluding hydrogens is 628 g/mol. The van der Waals surface area contributed by atoms with E-state index < -0.39 is 43.6 Å². The van der Waals surface area contributed by atoms with Crippen LogP contribution in [0.25, 0.3) is 0 Å². The number of aliphatic hydroxyl groups is 5. The molecule has 0 amide bonds. The Kier molecular flexibility index (Phi) is 31.0. The van der Waals surface area contributed by atoms with Crippen molar-refractivity contribution in [3.8, 4) is 0 Å². The average molecular weight is 707 g/mol. The summed E-state index contributed by atoms with van der Waals surface area (Å²) in [5.74, 6) is -0.648. The second kappa shape index (κ2) is 33.3. The fourth-order valence-corrected chi connectivity index (χ4v) is 6.71. The quantitative estimate of drug-likeness (QED) is 0.0347. The zero-order valence-electron chi connectivity index (χ0n) is 32.1. The normalized spacial score (nSPS) is 14.0. The van der Waals surface area contributed by atoms with Crippen molar-refractivity contribution in [3.63, 3.8) is 0 Å². The summed E-state index contributed by atoms with van der Waals surface area (Å²) in [6.07, 6.45) is 33.4. The smallest absolute Gasteiger partial charge is 0.338 e. The van der Waals surface area contributed by atoms with Crippen LogP contribution in [-0.4, -0.2) is 69.1 Å². The molecule has 0 bridgehead atoms. The summed E-state index contributed by atoms with van der Waals surface area (Å²) in [7, 11) is 0. The molecule has 0 aliphatic rings. The van der Waals surface area contributed by atoms with Crippen LogP contribution >= 0.6 is 0 Å². The van der Waals surface area contributed by atoms with E-state index >= 15 is 0 Å². The van der Waals surface area contributed by atoms with Crippen LogP contribution in [0.5, 0.6) is 0 Å². The SMILES string of the molecule is CCCCCCCCCCCCCCCCCCCCCCCCCCCCCCc1ccc(C(=O)OC[C@@H](O)[C@@H](O)[C@H](O)[C@@H](O)CO)cc1. The van der Waals surface area contributed by atoms with Crippen LogP contribution in [0.1, 0.15) is 203 Å². The number of hydrogen-bond acceptors (Lipinski definition) is 7. The number of aryl methyl sites for hydroxylation is 1. The van der Waals surface area contributed by atoms with Gasteiger partial charge in [-0.1, -0.05) is 192 Å². The summed E-state index contributed by atoms with van der Waals surface area (Å²) in [5, 5.41) is 47.6. The average Bonchev–Trinajstić information content (AvgIpc) is 3.14. The van der Waals surface area contributed by atoms with E-state index in [2.05, 4.69) is 6.92 Å². The van der Waals surface area contributed by atoms with Gasteiger partial charge in [0.2, 0.25) is 0 Å². The highest BCUT2D eigenvalue weighted by atomic mass is 16.5. The Morgan fingerprint density at radius 2 is 0.820 bits per heavy atom. The van der Waals surface area contributed by atoms with Crippen LogP contribution in [0, 0.1) is 0 Å². The molecule has 0 saturated carbocycles. The van der Waals surface area contributed by atoms with Gasteiger partial charge in [0.05, 0.1) is 12.2 Å². The van der Waals surface area contributed by atoms with E-state index in [1.54, 1.807) is 12.1 Å². The fraction of sp³-hybridized carbons (Fsp3) is 0.837. The van der Waals surface area contributed by atoms with Crippen molar-refractivity contribution in [3.05, 3.63) is 35.4 Å². The van der Waals surface area contributed by atoms with Crippen LogP contribution in [0.4, 0.5) is 0 Å². The molecule has 0 spiro atoms. The molecule has 0 aromatic heterocycles. The predicted octanol–water partition coefficient (Wildman–Crippen LogP) is 9.76. The van der Waals surface area contributed by atoms with Gasteiger partial charge in [0.25, 0.3) is 0 Å². The molecule has 0 radical (unpaired) electrons. The van der Waals surface area contributed by atoms with Crippen LogP contribution in [0.3, 0.4) is 0 Å². The van der Waals surface area contributed by atoms with Crippen molar-refractivity contribution in [1.82, 2.24) is 0 Å². The first-order chi connectivity index (χ1) is 24.4. The number of rotatable bonds is 36. The van der Waals surface area contributed by atoms with Crippen molar-refractivity contribution in [1.29, 1.82) is 0 Å². The molecule has 1 rings (SSSR count). The summed E-state index contributed by atoms with van der Waals surface area (Å²) in [5.41, 5.74) is 1.50. The number of esters is 1. The minimum Gasteiger partial charge on any atom is -0.459 e. The molecule has 0 unspecified atom stereocenters. The standard InChI is InChI=1S/C43H78O7/c1-2-3-4-5-6-7-8-9-10-11-12-13-14-15-16-17-18-19-20-21-22-23-24-25-26-27-28-29-30-37-31-33-38(34-32-37)43(49)50-36-40(46)42(48)41(47)39(45)35-44/h31-34,39-42,44-48H,2-30,35-36H2,1H3/t39-,40+,41+,42+/m0/s1. The summed E-state index contributed by atoms with van der Waals surface area (Å²) >= 11 is 0. The molecular formula is C43H78O7. The maximum Gasteiger partial charge on any atom is 0.338 e.